The summed E-state index contributed by atoms with van der Waals surface area (Å²) < 4.78 is 46.0. The number of rotatable bonds is 4. The summed E-state index contributed by atoms with van der Waals surface area (Å²) in [7, 11) is -2.28. The molecule has 0 saturated carbocycles. The number of carbonyl (C=O) groups is 1. The zero-order valence-electron chi connectivity index (χ0n) is 14.0. The van der Waals surface area contributed by atoms with Crippen molar-refractivity contribution < 1.29 is 22.0 Å². The van der Waals surface area contributed by atoms with Crippen LogP contribution in [-0.2, 0) is 10.0 Å². The number of amides is 1. The Bertz CT molecular complexity index is 901. The molecular formula is C17H19FN2O4S. The van der Waals surface area contributed by atoms with E-state index in [1.807, 2.05) is 0 Å². The molecule has 8 heteroatoms. The molecular weight excluding hydrogens is 347 g/mol. The number of hydrogen-bond donors (Lipinski definition) is 0. The standard InChI is InChI=1S/C17H19FN2O4S/c1-12-16(25(22,23)20-9-5-6-10-20)11-15(24-12)17(21)19(2)14-8-4-3-7-13(14)18/h3-4,7-8,11H,5-6,9-10H2,1-2H3. The van der Waals surface area contributed by atoms with Gasteiger partial charge >= 0.3 is 0 Å². The van der Waals surface area contributed by atoms with E-state index in [4.69, 9.17) is 4.42 Å². The van der Waals surface area contributed by atoms with Crippen molar-refractivity contribution in [1.82, 2.24) is 4.31 Å². The summed E-state index contributed by atoms with van der Waals surface area (Å²) in [6.45, 7) is 2.43. The predicted octanol–water partition coefficient (Wildman–Crippen LogP) is 2.79. The Balaban J connectivity index is 1.92. The Hall–Kier alpha value is -2.19. The molecule has 6 nitrogen and oxygen atoms in total. The maximum Gasteiger partial charge on any atom is 0.293 e. The second-order valence-electron chi connectivity index (χ2n) is 5.96. The fourth-order valence-electron chi connectivity index (χ4n) is 2.89. The lowest BCUT2D eigenvalue weighted by molar-refractivity contribution is 0.0964. The van der Waals surface area contributed by atoms with Crippen LogP contribution in [0, 0.1) is 12.7 Å². The molecule has 2 aromatic rings. The molecule has 0 N–H and O–H groups in total. The van der Waals surface area contributed by atoms with Gasteiger partial charge < -0.3 is 9.32 Å². The van der Waals surface area contributed by atoms with Crippen molar-refractivity contribution in [3.05, 3.63) is 47.7 Å². The van der Waals surface area contributed by atoms with Crippen molar-refractivity contribution in [2.45, 2.75) is 24.7 Å². The first-order valence-corrected chi connectivity index (χ1v) is 9.39. The summed E-state index contributed by atoms with van der Waals surface area (Å²) in [4.78, 5) is 13.7. The number of carbonyl (C=O) groups excluding carboxylic acids is 1. The molecule has 1 aliphatic heterocycles. The molecule has 1 amide bonds. The molecule has 0 spiro atoms. The minimum Gasteiger partial charge on any atom is -0.455 e. The Morgan fingerprint density at radius 1 is 1.24 bits per heavy atom. The smallest absolute Gasteiger partial charge is 0.293 e. The topological polar surface area (TPSA) is 70.8 Å². The van der Waals surface area contributed by atoms with E-state index in [-0.39, 0.29) is 22.1 Å². The maximum absolute atomic E-state index is 13.9. The number of furan rings is 1. The Kier molecular flexibility index (Phi) is 4.66. The van der Waals surface area contributed by atoms with E-state index < -0.39 is 21.7 Å². The lowest BCUT2D eigenvalue weighted by Crippen LogP contribution is -2.28. The van der Waals surface area contributed by atoms with E-state index in [1.54, 1.807) is 6.07 Å². The number of benzene rings is 1. The van der Waals surface area contributed by atoms with Gasteiger partial charge in [-0.15, -0.1) is 0 Å². The molecule has 1 aromatic heterocycles. The molecule has 0 unspecified atom stereocenters. The highest BCUT2D eigenvalue weighted by Gasteiger charge is 2.32. The van der Waals surface area contributed by atoms with Crippen LogP contribution in [0.15, 0.2) is 39.6 Å². The van der Waals surface area contributed by atoms with Gasteiger partial charge in [-0.05, 0) is 31.9 Å². The Labute approximate surface area is 145 Å². The minimum absolute atomic E-state index is 0.0142. The van der Waals surface area contributed by atoms with E-state index in [0.29, 0.717) is 13.1 Å². The van der Waals surface area contributed by atoms with E-state index in [1.165, 1.54) is 42.5 Å². The minimum atomic E-state index is -3.69. The van der Waals surface area contributed by atoms with Crippen LogP contribution in [0.25, 0.3) is 0 Å². The summed E-state index contributed by atoms with van der Waals surface area (Å²) in [6, 6.07) is 7.07. The molecule has 134 valence electrons. The summed E-state index contributed by atoms with van der Waals surface area (Å²) >= 11 is 0. The first-order valence-electron chi connectivity index (χ1n) is 7.95. The molecule has 0 atom stereocenters. The van der Waals surface area contributed by atoms with Crippen molar-refractivity contribution in [1.29, 1.82) is 0 Å². The fourth-order valence-corrected chi connectivity index (χ4v) is 4.57. The average Bonchev–Trinajstić information content (AvgIpc) is 3.24. The molecule has 0 aliphatic carbocycles. The molecule has 0 radical (unpaired) electrons. The van der Waals surface area contributed by atoms with Crippen molar-refractivity contribution in [3.63, 3.8) is 0 Å². The third-order valence-electron chi connectivity index (χ3n) is 4.28. The number of hydrogen-bond acceptors (Lipinski definition) is 4. The number of aryl methyl sites for hydroxylation is 1. The van der Waals surface area contributed by atoms with Gasteiger partial charge in [0.15, 0.2) is 5.76 Å². The quantitative estimate of drug-likeness (QED) is 0.834. The number of sulfonamides is 1. The lowest BCUT2D eigenvalue weighted by Gasteiger charge is -2.16. The van der Waals surface area contributed by atoms with Gasteiger partial charge in [-0.25, -0.2) is 12.8 Å². The van der Waals surface area contributed by atoms with Gasteiger partial charge in [0.25, 0.3) is 5.91 Å². The second-order valence-corrected chi connectivity index (χ2v) is 7.86. The third-order valence-corrected chi connectivity index (χ3v) is 6.29. The number of nitrogens with zero attached hydrogens (tertiary/aromatic N) is 2. The monoisotopic (exact) mass is 366 g/mol. The van der Waals surface area contributed by atoms with Crippen LogP contribution in [0.2, 0.25) is 0 Å². The van der Waals surface area contributed by atoms with Gasteiger partial charge in [0, 0.05) is 26.2 Å². The zero-order chi connectivity index (χ0) is 18.2. The number of halogens is 1. The van der Waals surface area contributed by atoms with Crippen LogP contribution in [0.4, 0.5) is 10.1 Å². The van der Waals surface area contributed by atoms with Crippen LogP contribution in [0.3, 0.4) is 0 Å². The first-order chi connectivity index (χ1) is 11.8. The van der Waals surface area contributed by atoms with Crippen LogP contribution >= 0.6 is 0 Å². The van der Waals surface area contributed by atoms with Gasteiger partial charge in [0.2, 0.25) is 10.0 Å². The fraction of sp³-hybridized carbons (Fsp3) is 0.353. The zero-order valence-corrected chi connectivity index (χ0v) is 14.8. The van der Waals surface area contributed by atoms with E-state index in [0.717, 1.165) is 17.7 Å². The molecule has 3 rings (SSSR count). The maximum atomic E-state index is 13.9. The van der Waals surface area contributed by atoms with E-state index in [2.05, 4.69) is 0 Å². The SMILES string of the molecule is Cc1oc(C(=O)N(C)c2ccccc2F)cc1S(=O)(=O)N1CCCC1. The molecule has 1 saturated heterocycles. The molecule has 2 heterocycles. The van der Waals surface area contributed by atoms with E-state index in [9.17, 15) is 17.6 Å². The van der Waals surface area contributed by atoms with Crippen LogP contribution in [0.5, 0.6) is 0 Å². The van der Waals surface area contributed by atoms with Gasteiger partial charge in [-0.3, -0.25) is 4.79 Å². The highest BCUT2D eigenvalue weighted by atomic mass is 32.2. The van der Waals surface area contributed by atoms with E-state index >= 15 is 0 Å². The normalized spacial score (nSPS) is 15.5. The first kappa shape index (κ1) is 17.6. The highest BCUT2D eigenvalue weighted by molar-refractivity contribution is 7.89. The third kappa shape index (κ3) is 3.19. The van der Waals surface area contributed by atoms with Gasteiger partial charge in [-0.1, -0.05) is 12.1 Å². The lowest BCUT2D eigenvalue weighted by atomic mass is 10.2. The highest BCUT2D eigenvalue weighted by Crippen LogP contribution is 2.28. The average molecular weight is 366 g/mol. The second kappa shape index (κ2) is 6.61. The molecule has 25 heavy (non-hydrogen) atoms. The number of para-hydroxylation sites is 1. The van der Waals surface area contributed by atoms with Crippen LogP contribution in [0.1, 0.15) is 29.2 Å². The Morgan fingerprint density at radius 3 is 2.52 bits per heavy atom. The Morgan fingerprint density at radius 2 is 1.88 bits per heavy atom. The largest absolute Gasteiger partial charge is 0.455 e. The predicted molar refractivity (Wildman–Crippen MR) is 90.6 cm³/mol. The van der Waals surface area contributed by atoms with Crippen molar-refractivity contribution in [3.8, 4) is 0 Å². The van der Waals surface area contributed by atoms with Gasteiger partial charge in [0.05, 0.1) is 5.69 Å². The van der Waals surface area contributed by atoms with Crippen LogP contribution in [-0.4, -0.2) is 38.8 Å². The van der Waals surface area contributed by atoms with Gasteiger partial charge in [0.1, 0.15) is 16.5 Å². The number of anilines is 1. The molecule has 0 bridgehead atoms. The summed E-state index contributed by atoms with van der Waals surface area (Å²) in [5, 5.41) is 0. The molecule has 1 aromatic carbocycles. The van der Waals surface area contributed by atoms with Crippen molar-refractivity contribution in [2.75, 3.05) is 25.0 Å². The summed E-state index contributed by atoms with van der Waals surface area (Å²) in [5.41, 5.74) is 0.0884. The van der Waals surface area contributed by atoms with Crippen LogP contribution < -0.4 is 4.90 Å². The summed E-state index contributed by atoms with van der Waals surface area (Å²) in [5.74, 6) is -1.15. The summed E-state index contributed by atoms with van der Waals surface area (Å²) in [6.07, 6.45) is 1.63. The molecule has 1 aliphatic rings. The van der Waals surface area contributed by atoms with Crippen molar-refractivity contribution in [2.24, 2.45) is 0 Å². The van der Waals surface area contributed by atoms with Gasteiger partial charge in [-0.2, -0.15) is 4.31 Å². The van der Waals surface area contributed by atoms with Crippen molar-refractivity contribution >= 4 is 21.6 Å². The molecule has 1 fully saturated rings.